The fraction of sp³-hybridized carbons (Fsp3) is 0.917. The molecule has 2 saturated heterocycles. The molecule has 176 valence electrons. The highest BCUT2D eigenvalue weighted by Crippen LogP contribution is 2.35. The molecule has 2 saturated carbocycles. The van der Waals surface area contributed by atoms with Crippen LogP contribution in [0.15, 0.2) is 0 Å². The first kappa shape index (κ1) is 23.0. The van der Waals surface area contributed by atoms with Crippen molar-refractivity contribution in [2.24, 2.45) is 17.6 Å². The largest absolute Gasteiger partial charge is 0.377 e. The van der Waals surface area contributed by atoms with Crippen LogP contribution in [0.2, 0.25) is 0 Å². The summed E-state index contributed by atoms with van der Waals surface area (Å²) < 4.78 is 5.99. The number of carbonyl (C=O) groups excluding carboxylic acids is 2. The Morgan fingerprint density at radius 3 is 2.48 bits per heavy atom. The monoisotopic (exact) mass is 434 g/mol. The summed E-state index contributed by atoms with van der Waals surface area (Å²) in [6.07, 6.45) is 12.9. The third-order valence-corrected chi connectivity index (χ3v) is 7.73. The predicted octanol–water partition coefficient (Wildman–Crippen LogP) is 1.89. The van der Waals surface area contributed by atoms with Gasteiger partial charge in [0.1, 0.15) is 6.04 Å². The second kappa shape index (κ2) is 11.1. The van der Waals surface area contributed by atoms with Crippen molar-refractivity contribution in [3.8, 4) is 0 Å². The number of hydrogen-bond acceptors (Lipinski definition) is 5. The molecule has 0 aromatic carbocycles. The van der Waals surface area contributed by atoms with Gasteiger partial charge in [-0.15, -0.1) is 0 Å². The lowest BCUT2D eigenvalue weighted by molar-refractivity contribution is -0.145. The summed E-state index contributed by atoms with van der Waals surface area (Å²) in [6, 6.07) is -0.0280. The van der Waals surface area contributed by atoms with Crippen molar-refractivity contribution in [3.63, 3.8) is 0 Å². The highest BCUT2D eigenvalue weighted by atomic mass is 16.5. The molecule has 3 N–H and O–H groups in total. The number of nitrogens with two attached hydrogens (primary N) is 1. The predicted molar refractivity (Wildman–Crippen MR) is 120 cm³/mol. The van der Waals surface area contributed by atoms with Crippen LogP contribution >= 0.6 is 0 Å². The van der Waals surface area contributed by atoms with Crippen molar-refractivity contribution in [1.82, 2.24) is 15.1 Å². The Morgan fingerprint density at radius 2 is 1.81 bits per heavy atom. The molecule has 0 aromatic rings. The van der Waals surface area contributed by atoms with Crippen LogP contribution in [0.4, 0.5) is 0 Å². The topological polar surface area (TPSA) is 87.9 Å². The summed E-state index contributed by atoms with van der Waals surface area (Å²) in [4.78, 5) is 30.4. The number of nitrogens with one attached hydrogen (secondary N) is 1. The van der Waals surface area contributed by atoms with Crippen molar-refractivity contribution in [1.29, 1.82) is 0 Å². The number of likely N-dealkylation sites (tertiary alicyclic amines) is 1. The maximum absolute atomic E-state index is 13.0. The molecular formula is C24H42N4O3. The van der Waals surface area contributed by atoms with Gasteiger partial charge in [-0.05, 0) is 57.3 Å². The molecule has 4 rings (SSSR count). The first-order valence-corrected chi connectivity index (χ1v) is 12.8. The molecule has 3 atom stereocenters. The Hall–Kier alpha value is -1.18. The molecule has 2 aliphatic heterocycles. The smallest absolute Gasteiger partial charge is 0.242 e. The average molecular weight is 435 g/mol. The molecule has 4 aliphatic rings. The minimum Gasteiger partial charge on any atom is -0.377 e. The zero-order valence-electron chi connectivity index (χ0n) is 19.1. The zero-order chi connectivity index (χ0) is 21.6. The molecule has 7 nitrogen and oxygen atoms in total. The van der Waals surface area contributed by atoms with E-state index in [1.807, 2.05) is 4.90 Å². The molecule has 31 heavy (non-hydrogen) atoms. The van der Waals surface area contributed by atoms with E-state index in [0.29, 0.717) is 31.8 Å². The van der Waals surface area contributed by atoms with Crippen molar-refractivity contribution >= 4 is 11.8 Å². The Labute approximate surface area is 187 Å². The zero-order valence-corrected chi connectivity index (χ0v) is 19.1. The molecule has 7 heteroatoms. The normalized spacial score (nSPS) is 30.0. The highest BCUT2D eigenvalue weighted by molar-refractivity contribution is 5.89. The summed E-state index contributed by atoms with van der Waals surface area (Å²) in [5, 5.41) is 2.96. The van der Waals surface area contributed by atoms with E-state index in [1.165, 1.54) is 32.1 Å². The molecule has 2 amide bonds. The van der Waals surface area contributed by atoms with Gasteiger partial charge in [-0.25, -0.2) is 0 Å². The third-order valence-electron chi connectivity index (χ3n) is 7.73. The van der Waals surface area contributed by atoms with Gasteiger partial charge in [-0.3, -0.25) is 14.5 Å². The Bertz CT molecular complexity index is 600. The van der Waals surface area contributed by atoms with Crippen LogP contribution in [-0.4, -0.2) is 79.1 Å². The molecule has 0 aromatic heterocycles. The molecule has 4 fully saturated rings. The van der Waals surface area contributed by atoms with Crippen molar-refractivity contribution < 1.29 is 14.3 Å². The first-order chi connectivity index (χ1) is 15.2. The van der Waals surface area contributed by atoms with E-state index < -0.39 is 0 Å². The average Bonchev–Trinajstić information content (AvgIpc) is 3.53. The van der Waals surface area contributed by atoms with Crippen LogP contribution in [0.5, 0.6) is 0 Å². The first-order valence-electron chi connectivity index (χ1n) is 12.8. The molecule has 2 aliphatic carbocycles. The van der Waals surface area contributed by atoms with E-state index in [4.69, 9.17) is 10.5 Å². The maximum Gasteiger partial charge on any atom is 0.242 e. The second-order valence-corrected chi connectivity index (χ2v) is 10.2. The Balaban J connectivity index is 1.45. The molecule has 2 unspecified atom stereocenters. The number of piperidine rings is 1. The van der Waals surface area contributed by atoms with Gasteiger partial charge >= 0.3 is 0 Å². The molecule has 2 heterocycles. The molecule has 0 bridgehead atoms. The number of hydrogen-bond donors (Lipinski definition) is 2. The quantitative estimate of drug-likeness (QED) is 0.579. The minimum atomic E-state index is -0.364. The number of nitrogens with zero attached hydrogens (tertiary/aromatic N) is 2. The van der Waals surface area contributed by atoms with Gasteiger partial charge in [0.15, 0.2) is 0 Å². The van der Waals surface area contributed by atoms with E-state index in [0.717, 1.165) is 64.1 Å². The van der Waals surface area contributed by atoms with Crippen LogP contribution in [-0.2, 0) is 14.3 Å². The van der Waals surface area contributed by atoms with Crippen LogP contribution in [0.3, 0.4) is 0 Å². The minimum absolute atomic E-state index is 0.0288. The van der Waals surface area contributed by atoms with Crippen LogP contribution in [0.1, 0.15) is 70.6 Å². The lowest BCUT2D eigenvalue weighted by Gasteiger charge is -2.44. The standard InChI is InChI=1S/C24H42N4O3/c25-11-12-26-23(29)22-15-20(10-13-28(22)24(30)19-8-9-19)27(17-21-7-4-14-31-21)16-18-5-2-1-3-6-18/h18-22H,1-17,25H2,(H,26,29)/t20?,21?,22-/m1/s1. The van der Waals surface area contributed by atoms with E-state index in [1.54, 1.807) is 0 Å². The Morgan fingerprint density at radius 1 is 1.00 bits per heavy atom. The number of carbonyl (C=O) groups is 2. The molecular weight excluding hydrogens is 392 g/mol. The molecule has 0 radical (unpaired) electrons. The van der Waals surface area contributed by atoms with Gasteiger partial charge in [-0.2, -0.15) is 0 Å². The molecule has 0 spiro atoms. The van der Waals surface area contributed by atoms with E-state index >= 15 is 0 Å². The SMILES string of the molecule is NCCNC(=O)[C@H]1CC(N(CC2CCCCC2)CC2CCCO2)CCN1C(=O)C1CC1. The summed E-state index contributed by atoms with van der Waals surface area (Å²) in [5.74, 6) is 1.06. The fourth-order valence-electron chi connectivity index (χ4n) is 5.79. The summed E-state index contributed by atoms with van der Waals surface area (Å²) in [5.41, 5.74) is 5.61. The number of rotatable bonds is 9. The van der Waals surface area contributed by atoms with Crippen LogP contribution in [0.25, 0.3) is 0 Å². The summed E-state index contributed by atoms with van der Waals surface area (Å²) in [7, 11) is 0. The third kappa shape index (κ3) is 6.20. The van der Waals surface area contributed by atoms with Crippen molar-refractivity contribution in [3.05, 3.63) is 0 Å². The van der Waals surface area contributed by atoms with Gasteiger partial charge in [0.2, 0.25) is 11.8 Å². The van der Waals surface area contributed by atoms with E-state index in [2.05, 4.69) is 10.2 Å². The Kier molecular flexibility index (Phi) is 8.24. The van der Waals surface area contributed by atoms with Crippen LogP contribution in [0, 0.1) is 11.8 Å². The van der Waals surface area contributed by atoms with Gasteiger partial charge in [-0.1, -0.05) is 19.3 Å². The van der Waals surface area contributed by atoms with Crippen molar-refractivity contribution in [2.75, 3.05) is 39.3 Å². The van der Waals surface area contributed by atoms with Gasteiger partial charge in [0.25, 0.3) is 0 Å². The van der Waals surface area contributed by atoms with Crippen LogP contribution < -0.4 is 11.1 Å². The summed E-state index contributed by atoms with van der Waals surface area (Å²) in [6.45, 7) is 4.53. The van der Waals surface area contributed by atoms with E-state index in [-0.39, 0.29) is 23.8 Å². The maximum atomic E-state index is 13.0. The van der Waals surface area contributed by atoms with E-state index in [9.17, 15) is 9.59 Å². The summed E-state index contributed by atoms with van der Waals surface area (Å²) >= 11 is 0. The number of amides is 2. The van der Waals surface area contributed by atoms with Crippen molar-refractivity contribution in [2.45, 2.75) is 88.8 Å². The lowest BCUT2D eigenvalue weighted by Crippen LogP contribution is -2.59. The van der Waals surface area contributed by atoms with Gasteiger partial charge in [0.05, 0.1) is 6.10 Å². The fourth-order valence-corrected chi connectivity index (χ4v) is 5.79. The highest BCUT2D eigenvalue weighted by Gasteiger charge is 2.43. The lowest BCUT2D eigenvalue weighted by atomic mass is 9.87. The van der Waals surface area contributed by atoms with Gasteiger partial charge in [0, 0.05) is 51.3 Å². The number of ether oxygens (including phenoxy) is 1. The van der Waals surface area contributed by atoms with Gasteiger partial charge < -0.3 is 20.7 Å². The second-order valence-electron chi connectivity index (χ2n) is 10.2.